The summed E-state index contributed by atoms with van der Waals surface area (Å²) in [5.74, 6) is -2.79. The van der Waals surface area contributed by atoms with Crippen molar-refractivity contribution in [3.63, 3.8) is 0 Å². The lowest BCUT2D eigenvalue weighted by Crippen LogP contribution is -2.40. The summed E-state index contributed by atoms with van der Waals surface area (Å²) in [6, 6.07) is 9.31. The Morgan fingerprint density at radius 1 is 1.20 bits per heavy atom. The molecule has 0 spiro atoms. The van der Waals surface area contributed by atoms with Crippen LogP contribution in [0.2, 0.25) is 0 Å². The molecule has 1 aromatic heterocycles. The van der Waals surface area contributed by atoms with Crippen molar-refractivity contribution in [2.24, 2.45) is 0 Å². The number of thiazole rings is 1. The molecule has 0 radical (unpaired) electrons. The third-order valence-electron chi connectivity index (χ3n) is 4.96. The number of aromatic nitrogens is 1. The number of nitrogens with one attached hydrogen (secondary N) is 1. The number of ether oxygens (including phenoxy) is 1. The fourth-order valence-corrected chi connectivity index (χ4v) is 4.54. The second kappa shape index (κ2) is 12.6. The summed E-state index contributed by atoms with van der Waals surface area (Å²) in [6.07, 6.45) is 1.80. The summed E-state index contributed by atoms with van der Waals surface area (Å²) < 4.78 is 33.0. The first kappa shape index (κ1) is 26.6. The minimum absolute atomic E-state index is 0.120. The van der Waals surface area contributed by atoms with E-state index in [1.807, 2.05) is 6.92 Å². The van der Waals surface area contributed by atoms with Crippen LogP contribution in [0.1, 0.15) is 22.4 Å². The first-order chi connectivity index (χ1) is 16.8. The van der Waals surface area contributed by atoms with Crippen LogP contribution in [0, 0.1) is 11.6 Å². The quantitative estimate of drug-likeness (QED) is 0.267. The lowest BCUT2D eigenvalue weighted by Gasteiger charge is -2.19. The van der Waals surface area contributed by atoms with Gasteiger partial charge in [0.25, 0.3) is 5.91 Å². The van der Waals surface area contributed by atoms with E-state index in [0.29, 0.717) is 34.3 Å². The standard InChI is InChI=1S/C24H25F2N3O4S2/c1-3-27-8-9-29(12-23(30)31)24(32)20-14-35-22(28-20)13-33-16-6-4-15(5-7-16)17-10-18(25)19(26)11-21(17)34-2/h4-7,10-11,14,27H,3,8-9,12-13H2,1-2H3,(H,30,31). The van der Waals surface area contributed by atoms with Crippen LogP contribution in [-0.2, 0) is 11.4 Å². The van der Waals surface area contributed by atoms with E-state index in [4.69, 9.17) is 9.84 Å². The Labute approximate surface area is 210 Å². The van der Waals surface area contributed by atoms with Crippen LogP contribution in [0.15, 0.2) is 46.7 Å². The number of benzene rings is 2. The van der Waals surface area contributed by atoms with E-state index in [9.17, 15) is 18.4 Å². The van der Waals surface area contributed by atoms with Gasteiger partial charge < -0.3 is 20.1 Å². The number of aliphatic carboxylic acids is 1. The van der Waals surface area contributed by atoms with Gasteiger partial charge in [-0.3, -0.25) is 9.59 Å². The van der Waals surface area contributed by atoms with Gasteiger partial charge in [0.1, 0.15) is 29.6 Å². The minimum atomic E-state index is -1.09. The van der Waals surface area contributed by atoms with Gasteiger partial charge in [0.15, 0.2) is 11.6 Å². The zero-order valence-electron chi connectivity index (χ0n) is 19.2. The van der Waals surface area contributed by atoms with Gasteiger partial charge in [-0.05, 0) is 48.2 Å². The molecule has 0 unspecified atom stereocenters. The van der Waals surface area contributed by atoms with Crippen molar-refractivity contribution in [3.05, 3.63) is 64.1 Å². The van der Waals surface area contributed by atoms with Gasteiger partial charge in [0.05, 0.1) is 0 Å². The molecule has 11 heteroatoms. The summed E-state index contributed by atoms with van der Waals surface area (Å²) in [4.78, 5) is 30.0. The van der Waals surface area contributed by atoms with Crippen molar-refractivity contribution >= 4 is 35.0 Å². The predicted octanol–water partition coefficient (Wildman–Crippen LogP) is 4.53. The second-order valence-electron chi connectivity index (χ2n) is 7.38. The molecule has 3 rings (SSSR count). The Balaban J connectivity index is 1.64. The maximum Gasteiger partial charge on any atom is 0.323 e. The first-order valence-electron chi connectivity index (χ1n) is 10.7. The highest BCUT2D eigenvalue weighted by molar-refractivity contribution is 7.98. The van der Waals surface area contributed by atoms with Crippen LogP contribution >= 0.6 is 23.1 Å². The lowest BCUT2D eigenvalue weighted by molar-refractivity contribution is -0.137. The van der Waals surface area contributed by atoms with Crippen molar-refractivity contribution < 1.29 is 28.2 Å². The number of halogens is 2. The fourth-order valence-electron chi connectivity index (χ4n) is 3.24. The molecule has 3 aromatic rings. The topological polar surface area (TPSA) is 91.8 Å². The van der Waals surface area contributed by atoms with E-state index in [-0.39, 0.29) is 18.8 Å². The summed E-state index contributed by atoms with van der Waals surface area (Å²) in [5.41, 5.74) is 1.48. The number of carboxylic acids is 1. The second-order valence-corrected chi connectivity index (χ2v) is 9.17. The average Bonchev–Trinajstić information content (AvgIpc) is 3.32. The van der Waals surface area contributed by atoms with Gasteiger partial charge >= 0.3 is 5.97 Å². The first-order valence-corrected chi connectivity index (χ1v) is 12.8. The predicted molar refractivity (Wildman–Crippen MR) is 132 cm³/mol. The van der Waals surface area contributed by atoms with Crippen molar-refractivity contribution in [1.29, 1.82) is 0 Å². The van der Waals surface area contributed by atoms with Crippen LogP contribution in [0.5, 0.6) is 5.75 Å². The zero-order chi connectivity index (χ0) is 25.4. The molecule has 0 saturated heterocycles. The number of carbonyl (C=O) groups is 2. The molecule has 0 aliphatic heterocycles. The van der Waals surface area contributed by atoms with E-state index in [1.165, 1.54) is 40.1 Å². The smallest absolute Gasteiger partial charge is 0.323 e. The number of hydrogen-bond donors (Lipinski definition) is 2. The number of amides is 1. The van der Waals surface area contributed by atoms with E-state index < -0.39 is 30.1 Å². The number of nitrogens with zero attached hydrogens (tertiary/aromatic N) is 2. The fraction of sp³-hybridized carbons (Fsp3) is 0.292. The van der Waals surface area contributed by atoms with Gasteiger partial charge in [0.2, 0.25) is 0 Å². The van der Waals surface area contributed by atoms with Crippen LogP contribution in [0.3, 0.4) is 0 Å². The van der Waals surface area contributed by atoms with E-state index >= 15 is 0 Å². The lowest BCUT2D eigenvalue weighted by atomic mass is 10.1. The molecular formula is C24H25F2N3O4S2. The molecule has 7 nitrogen and oxygen atoms in total. The molecule has 0 aliphatic carbocycles. The number of carbonyl (C=O) groups excluding carboxylic acids is 1. The number of thioether (sulfide) groups is 1. The van der Waals surface area contributed by atoms with E-state index in [1.54, 1.807) is 35.9 Å². The van der Waals surface area contributed by atoms with Crippen molar-refractivity contribution in [2.45, 2.75) is 18.4 Å². The van der Waals surface area contributed by atoms with Gasteiger partial charge in [-0.15, -0.1) is 23.1 Å². The molecule has 0 saturated carbocycles. The van der Waals surface area contributed by atoms with Crippen LogP contribution in [0.25, 0.3) is 11.1 Å². The third kappa shape index (κ3) is 7.23. The largest absolute Gasteiger partial charge is 0.486 e. The van der Waals surface area contributed by atoms with Crippen molar-refractivity contribution in [2.75, 3.05) is 32.4 Å². The van der Waals surface area contributed by atoms with Crippen LogP contribution in [-0.4, -0.2) is 59.3 Å². The Morgan fingerprint density at radius 3 is 2.57 bits per heavy atom. The summed E-state index contributed by atoms with van der Waals surface area (Å²) in [6.45, 7) is 3.09. The van der Waals surface area contributed by atoms with E-state index in [2.05, 4.69) is 10.3 Å². The Hall–Kier alpha value is -3.02. The molecule has 0 aliphatic rings. The summed E-state index contributed by atoms with van der Waals surface area (Å²) in [7, 11) is 0. The number of likely N-dealkylation sites (N-methyl/N-ethyl adjacent to an activating group) is 1. The summed E-state index contributed by atoms with van der Waals surface area (Å²) >= 11 is 2.57. The summed E-state index contributed by atoms with van der Waals surface area (Å²) in [5, 5.41) is 14.3. The molecule has 35 heavy (non-hydrogen) atoms. The van der Waals surface area contributed by atoms with Gasteiger partial charge in [-0.1, -0.05) is 19.1 Å². The monoisotopic (exact) mass is 521 g/mol. The highest BCUT2D eigenvalue weighted by atomic mass is 32.2. The normalized spacial score (nSPS) is 10.9. The Bertz CT molecular complexity index is 1170. The molecule has 0 bridgehead atoms. The van der Waals surface area contributed by atoms with Crippen LogP contribution < -0.4 is 10.1 Å². The molecule has 1 heterocycles. The zero-order valence-corrected chi connectivity index (χ0v) is 20.8. The minimum Gasteiger partial charge on any atom is -0.486 e. The molecule has 1 amide bonds. The number of hydrogen-bond acceptors (Lipinski definition) is 7. The molecule has 0 fully saturated rings. The van der Waals surface area contributed by atoms with Crippen LogP contribution in [0.4, 0.5) is 8.78 Å². The average molecular weight is 522 g/mol. The SMILES string of the molecule is CCNCCN(CC(=O)O)C(=O)c1csc(COc2ccc(-c3cc(F)c(F)cc3SC)cc2)n1. The highest BCUT2D eigenvalue weighted by Crippen LogP contribution is 2.33. The number of rotatable bonds is 12. The number of carboxylic acid groups (broad SMARTS) is 1. The maximum atomic E-state index is 13.7. The molecule has 2 aromatic carbocycles. The van der Waals surface area contributed by atoms with Crippen molar-refractivity contribution in [3.8, 4) is 16.9 Å². The highest BCUT2D eigenvalue weighted by Gasteiger charge is 2.21. The molecule has 186 valence electrons. The third-order valence-corrected chi connectivity index (χ3v) is 6.56. The van der Waals surface area contributed by atoms with Gasteiger partial charge in [-0.25, -0.2) is 13.8 Å². The Morgan fingerprint density at radius 2 is 1.91 bits per heavy atom. The molecule has 0 atom stereocenters. The molecular weight excluding hydrogens is 496 g/mol. The Kier molecular flexibility index (Phi) is 9.58. The van der Waals surface area contributed by atoms with Gasteiger partial charge in [-0.2, -0.15) is 0 Å². The van der Waals surface area contributed by atoms with Crippen molar-refractivity contribution in [1.82, 2.24) is 15.2 Å². The molecule has 2 N–H and O–H groups in total. The van der Waals surface area contributed by atoms with E-state index in [0.717, 1.165) is 5.56 Å². The van der Waals surface area contributed by atoms with Gasteiger partial charge in [0, 0.05) is 23.4 Å². The maximum absolute atomic E-state index is 13.7.